The standard InChI is InChI=1S/C19H24N2O6/c1-5-26-18(22)15-11(3)20-12(4)16(19(23)27-6-2)17(15)13-8-7-9-14(10-13)21(24)25/h7-10,17,20-21,24H,5-6H2,1-4H3. The molecule has 0 bridgehead atoms. The van der Waals surface area contributed by atoms with Crippen LogP contribution in [-0.4, -0.2) is 30.4 Å². The summed E-state index contributed by atoms with van der Waals surface area (Å²) in [5, 5.41) is 22.6. The van der Waals surface area contributed by atoms with Gasteiger partial charge in [0.2, 0.25) is 0 Å². The van der Waals surface area contributed by atoms with E-state index in [-0.39, 0.29) is 30.0 Å². The van der Waals surface area contributed by atoms with Gasteiger partial charge in [0, 0.05) is 23.5 Å². The zero-order valence-electron chi connectivity index (χ0n) is 15.8. The lowest BCUT2D eigenvalue weighted by molar-refractivity contribution is -0.991. The first-order chi connectivity index (χ1) is 12.8. The second-order valence-corrected chi connectivity index (χ2v) is 6.01. The predicted octanol–water partition coefficient (Wildman–Crippen LogP) is 1.45. The highest BCUT2D eigenvalue weighted by atomic mass is 16.8. The SMILES string of the molecule is CCOC(=O)C1=C(C)NC(C)=C(C(=O)OCC)C1c1cccc([NH+]([O-])O)c1. The number of carbonyl (C=O) groups excluding carboxylic acids is 2. The third-order valence-corrected chi connectivity index (χ3v) is 4.22. The van der Waals surface area contributed by atoms with Crippen LogP contribution in [0.3, 0.4) is 0 Å². The van der Waals surface area contributed by atoms with Gasteiger partial charge in [-0.3, -0.25) is 0 Å². The fourth-order valence-electron chi connectivity index (χ4n) is 3.14. The van der Waals surface area contributed by atoms with E-state index in [1.165, 1.54) is 12.1 Å². The fourth-order valence-corrected chi connectivity index (χ4v) is 3.14. The van der Waals surface area contributed by atoms with E-state index in [9.17, 15) is 20.0 Å². The van der Waals surface area contributed by atoms with Gasteiger partial charge in [-0.2, -0.15) is 5.23 Å². The van der Waals surface area contributed by atoms with Gasteiger partial charge in [0.25, 0.3) is 0 Å². The molecule has 0 amide bonds. The molecule has 0 spiro atoms. The van der Waals surface area contributed by atoms with Crippen LogP contribution in [0.2, 0.25) is 0 Å². The van der Waals surface area contributed by atoms with E-state index in [2.05, 4.69) is 5.32 Å². The molecule has 1 aromatic rings. The van der Waals surface area contributed by atoms with Gasteiger partial charge in [-0.15, -0.1) is 0 Å². The van der Waals surface area contributed by atoms with E-state index in [1.54, 1.807) is 39.8 Å². The van der Waals surface area contributed by atoms with Crippen LogP contribution in [-0.2, 0) is 19.1 Å². The van der Waals surface area contributed by atoms with Crippen molar-refractivity contribution in [2.75, 3.05) is 13.2 Å². The van der Waals surface area contributed by atoms with Crippen LogP contribution in [0, 0.1) is 5.21 Å². The first-order valence-electron chi connectivity index (χ1n) is 8.67. The first kappa shape index (κ1) is 20.6. The molecule has 0 saturated carbocycles. The van der Waals surface area contributed by atoms with Gasteiger partial charge in [-0.05, 0) is 33.3 Å². The van der Waals surface area contributed by atoms with Crippen LogP contribution in [0.4, 0.5) is 5.69 Å². The van der Waals surface area contributed by atoms with Crippen LogP contribution in [0.5, 0.6) is 0 Å². The molecule has 0 aliphatic carbocycles. The summed E-state index contributed by atoms with van der Waals surface area (Å²) in [6, 6.07) is 6.17. The highest BCUT2D eigenvalue weighted by Gasteiger charge is 2.38. The number of rotatable bonds is 6. The Bertz CT molecular complexity index is 757. The van der Waals surface area contributed by atoms with Crippen molar-refractivity contribution in [2.45, 2.75) is 33.6 Å². The van der Waals surface area contributed by atoms with Gasteiger partial charge < -0.3 is 20.0 Å². The van der Waals surface area contributed by atoms with Crippen LogP contribution in [0.15, 0.2) is 46.8 Å². The highest BCUT2D eigenvalue weighted by Crippen LogP contribution is 2.39. The Morgan fingerprint density at radius 3 is 2.07 bits per heavy atom. The Morgan fingerprint density at radius 2 is 1.63 bits per heavy atom. The summed E-state index contributed by atoms with van der Waals surface area (Å²) in [4.78, 5) is 25.3. The number of carbonyl (C=O) groups is 2. The minimum atomic E-state index is -1.09. The monoisotopic (exact) mass is 376 g/mol. The molecule has 146 valence electrons. The number of esters is 2. The molecule has 27 heavy (non-hydrogen) atoms. The number of allylic oxidation sites excluding steroid dienone is 2. The number of nitrogens with one attached hydrogen (secondary N) is 2. The highest BCUT2D eigenvalue weighted by molar-refractivity contribution is 5.99. The zero-order chi connectivity index (χ0) is 20.1. The number of dihydropyridines is 1. The summed E-state index contributed by atoms with van der Waals surface area (Å²) in [5.41, 5.74) is 2.17. The van der Waals surface area contributed by atoms with Gasteiger partial charge in [-0.25, -0.2) is 14.8 Å². The van der Waals surface area contributed by atoms with Gasteiger partial charge >= 0.3 is 11.9 Å². The minimum absolute atomic E-state index is 0.0627. The number of benzene rings is 1. The average molecular weight is 376 g/mol. The van der Waals surface area contributed by atoms with Gasteiger partial charge in [0.1, 0.15) is 0 Å². The summed E-state index contributed by atoms with van der Waals surface area (Å²) in [6.07, 6.45) is 0. The Labute approximate surface area is 157 Å². The molecule has 3 N–H and O–H groups in total. The minimum Gasteiger partial charge on any atom is -0.595 e. The predicted molar refractivity (Wildman–Crippen MR) is 96.8 cm³/mol. The zero-order valence-corrected chi connectivity index (χ0v) is 15.8. The number of ether oxygens (including phenoxy) is 2. The lowest BCUT2D eigenvalue weighted by atomic mass is 9.80. The molecule has 0 fully saturated rings. The van der Waals surface area contributed by atoms with Crippen molar-refractivity contribution in [3.8, 4) is 0 Å². The molecule has 1 unspecified atom stereocenters. The smallest absolute Gasteiger partial charge is 0.336 e. The Balaban J connectivity index is 2.67. The molecular weight excluding hydrogens is 352 g/mol. The van der Waals surface area contributed by atoms with Crippen molar-refractivity contribution in [1.82, 2.24) is 5.32 Å². The van der Waals surface area contributed by atoms with E-state index < -0.39 is 23.1 Å². The molecule has 1 heterocycles. The van der Waals surface area contributed by atoms with Crippen LogP contribution in [0.25, 0.3) is 0 Å². The molecule has 1 aliphatic rings. The normalized spacial score (nSPS) is 16.1. The molecule has 1 aliphatic heterocycles. The third-order valence-electron chi connectivity index (χ3n) is 4.22. The van der Waals surface area contributed by atoms with E-state index in [0.717, 1.165) is 0 Å². The average Bonchev–Trinajstić information content (AvgIpc) is 2.61. The van der Waals surface area contributed by atoms with Crippen molar-refractivity contribution in [3.05, 3.63) is 57.6 Å². The third kappa shape index (κ3) is 4.36. The van der Waals surface area contributed by atoms with Crippen LogP contribution >= 0.6 is 0 Å². The van der Waals surface area contributed by atoms with E-state index >= 15 is 0 Å². The fraction of sp³-hybridized carbons (Fsp3) is 0.368. The summed E-state index contributed by atoms with van der Waals surface area (Å²) in [6.45, 7) is 7.16. The van der Waals surface area contributed by atoms with E-state index in [4.69, 9.17) is 9.47 Å². The van der Waals surface area contributed by atoms with Crippen LogP contribution < -0.4 is 10.5 Å². The van der Waals surface area contributed by atoms with Gasteiger partial charge in [-0.1, -0.05) is 12.1 Å². The molecule has 1 aromatic carbocycles. The Hall–Kier alpha value is -2.68. The van der Waals surface area contributed by atoms with Crippen LogP contribution in [0.1, 0.15) is 39.2 Å². The topological polar surface area (TPSA) is 112 Å². The second kappa shape index (κ2) is 8.81. The van der Waals surface area contributed by atoms with E-state index in [0.29, 0.717) is 17.0 Å². The van der Waals surface area contributed by atoms with Crippen molar-refractivity contribution in [2.24, 2.45) is 0 Å². The maximum absolute atomic E-state index is 12.6. The molecule has 8 nitrogen and oxygen atoms in total. The Morgan fingerprint density at radius 1 is 1.11 bits per heavy atom. The van der Waals surface area contributed by atoms with Gasteiger partial charge in [0.05, 0.1) is 30.3 Å². The molecule has 8 heteroatoms. The first-order valence-corrected chi connectivity index (χ1v) is 8.67. The van der Waals surface area contributed by atoms with E-state index in [1.807, 2.05) is 0 Å². The lowest BCUT2D eigenvalue weighted by Crippen LogP contribution is -2.99. The number of quaternary nitrogens is 1. The second-order valence-electron chi connectivity index (χ2n) is 6.01. The molecular formula is C19H24N2O6. The Kier molecular flexibility index (Phi) is 6.73. The molecule has 0 radical (unpaired) electrons. The number of hydrogen-bond acceptors (Lipinski definition) is 7. The summed E-state index contributed by atoms with van der Waals surface area (Å²) >= 11 is 0. The summed E-state index contributed by atoms with van der Waals surface area (Å²) in [5.74, 6) is -1.92. The molecule has 0 aromatic heterocycles. The maximum Gasteiger partial charge on any atom is 0.336 e. The van der Waals surface area contributed by atoms with Crippen molar-refractivity contribution in [3.63, 3.8) is 0 Å². The summed E-state index contributed by atoms with van der Waals surface area (Å²) in [7, 11) is 0. The number of hydrogen-bond donors (Lipinski definition) is 3. The molecule has 2 rings (SSSR count). The van der Waals surface area contributed by atoms with Crippen molar-refractivity contribution in [1.29, 1.82) is 0 Å². The quantitative estimate of drug-likeness (QED) is 0.509. The summed E-state index contributed by atoms with van der Waals surface area (Å²) < 4.78 is 10.4. The molecule has 0 saturated heterocycles. The largest absolute Gasteiger partial charge is 0.595 e. The maximum atomic E-state index is 12.6. The van der Waals surface area contributed by atoms with Gasteiger partial charge in [0.15, 0.2) is 5.69 Å². The lowest BCUT2D eigenvalue weighted by Gasteiger charge is -2.30. The van der Waals surface area contributed by atoms with Crippen molar-refractivity contribution >= 4 is 17.6 Å². The molecule has 1 atom stereocenters. The van der Waals surface area contributed by atoms with Crippen molar-refractivity contribution < 1.29 is 29.5 Å².